The molecular formula is C13H11N2+. The first kappa shape index (κ1) is 9.38. The molecule has 0 amide bonds. The van der Waals surface area contributed by atoms with Crippen LogP contribution in [0.1, 0.15) is 11.3 Å². The Morgan fingerprint density at radius 1 is 1.07 bits per heavy atom. The van der Waals surface area contributed by atoms with E-state index in [9.17, 15) is 0 Å². The lowest BCUT2D eigenvalue weighted by Gasteiger charge is -1.89. The summed E-state index contributed by atoms with van der Waals surface area (Å²) in [5.41, 5.74) is 8.28. The van der Waals surface area contributed by atoms with Crippen LogP contribution in [0.15, 0.2) is 48.7 Å². The molecule has 0 spiro atoms. The maximum atomic E-state index is 5.78. The quantitative estimate of drug-likeness (QED) is 0.590. The van der Waals surface area contributed by atoms with E-state index < -0.39 is 0 Å². The van der Waals surface area contributed by atoms with Gasteiger partial charge in [0.15, 0.2) is 5.56 Å². The number of hydrogen-bond acceptors (Lipinski definition) is 2. The van der Waals surface area contributed by atoms with E-state index in [4.69, 9.17) is 5.73 Å². The topological polar surface area (TPSA) is 38.9 Å². The Hall–Kier alpha value is -2.18. The van der Waals surface area contributed by atoms with E-state index in [0.29, 0.717) is 0 Å². The van der Waals surface area contributed by atoms with Gasteiger partial charge in [-0.3, -0.25) is 0 Å². The number of nitrogen functional groups attached to an aromatic ring is 1. The minimum absolute atomic E-state index is 0.727. The van der Waals surface area contributed by atoms with Crippen LogP contribution in [0.4, 0.5) is 5.69 Å². The fourth-order valence-corrected chi connectivity index (χ4v) is 1.24. The predicted octanol–water partition coefficient (Wildman–Crippen LogP) is 2.53. The molecule has 0 aliphatic carbocycles. The summed E-state index contributed by atoms with van der Waals surface area (Å²) < 4.78 is 0. The van der Waals surface area contributed by atoms with Gasteiger partial charge >= 0.3 is 0 Å². The molecule has 1 aromatic carbocycles. The second kappa shape index (κ2) is 4.36. The molecule has 0 aliphatic rings. The van der Waals surface area contributed by atoms with Crippen molar-refractivity contribution in [2.75, 3.05) is 5.73 Å². The highest BCUT2D eigenvalue weighted by atomic mass is 14.6. The highest BCUT2D eigenvalue weighted by molar-refractivity contribution is 5.55. The van der Waals surface area contributed by atoms with E-state index in [1.165, 1.54) is 0 Å². The van der Waals surface area contributed by atoms with Gasteiger partial charge in [-0.15, -0.1) is 0 Å². The number of rotatable bonds is 2. The SMILES string of the molecule is Nc1ccccc1[C+]=Cc1ccccn1. The standard InChI is InChI=1S/C13H11N2/c14-13-7-2-1-5-11(13)8-9-12-6-3-4-10-15-12/h1-7,9-10H,14H2/q+1. The number of benzene rings is 1. The lowest BCUT2D eigenvalue weighted by Crippen LogP contribution is -1.88. The summed E-state index contributed by atoms with van der Waals surface area (Å²) in [5.74, 6) is 0. The minimum Gasteiger partial charge on any atom is -0.359 e. The lowest BCUT2D eigenvalue weighted by atomic mass is 10.1. The van der Waals surface area contributed by atoms with Crippen molar-refractivity contribution in [1.29, 1.82) is 0 Å². The van der Waals surface area contributed by atoms with Crippen LogP contribution in [-0.4, -0.2) is 4.98 Å². The van der Waals surface area contributed by atoms with Crippen LogP contribution < -0.4 is 5.73 Å². The van der Waals surface area contributed by atoms with Crippen molar-refractivity contribution in [1.82, 2.24) is 4.98 Å². The van der Waals surface area contributed by atoms with E-state index in [2.05, 4.69) is 11.1 Å². The molecule has 0 fully saturated rings. The number of nitrogens with two attached hydrogens (primary N) is 1. The summed E-state index contributed by atoms with van der Waals surface area (Å²) in [4.78, 5) is 4.16. The third-order valence-electron chi connectivity index (χ3n) is 2.02. The minimum atomic E-state index is 0.727. The molecule has 1 heterocycles. The van der Waals surface area contributed by atoms with Crippen LogP contribution in [0.2, 0.25) is 0 Å². The Labute approximate surface area is 89.1 Å². The Bertz CT molecular complexity index is 461. The van der Waals surface area contributed by atoms with Gasteiger partial charge in [0.25, 0.3) is 0 Å². The summed E-state index contributed by atoms with van der Waals surface area (Å²) in [6, 6.07) is 13.4. The van der Waals surface area contributed by atoms with Crippen molar-refractivity contribution in [2.24, 2.45) is 0 Å². The third kappa shape index (κ3) is 2.39. The molecule has 2 aromatic rings. The molecule has 2 N–H and O–H groups in total. The first-order chi connectivity index (χ1) is 7.36. The van der Waals surface area contributed by atoms with E-state index in [1.807, 2.05) is 48.5 Å². The van der Waals surface area contributed by atoms with Gasteiger partial charge in [0.05, 0.1) is 6.08 Å². The van der Waals surface area contributed by atoms with E-state index in [0.717, 1.165) is 16.9 Å². The Balaban J connectivity index is 2.23. The van der Waals surface area contributed by atoms with Gasteiger partial charge in [-0.2, -0.15) is 0 Å². The zero-order valence-electron chi connectivity index (χ0n) is 8.22. The van der Waals surface area contributed by atoms with Gasteiger partial charge in [-0.05, 0) is 24.3 Å². The number of hydrogen-bond donors (Lipinski definition) is 1. The van der Waals surface area contributed by atoms with Crippen molar-refractivity contribution in [2.45, 2.75) is 0 Å². The highest BCUT2D eigenvalue weighted by Gasteiger charge is 2.01. The monoisotopic (exact) mass is 195 g/mol. The molecule has 0 unspecified atom stereocenters. The van der Waals surface area contributed by atoms with Crippen LogP contribution in [0.25, 0.3) is 6.08 Å². The van der Waals surface area contributed by atoms with Gasteiger partial charge < -0.3 is 5.73 Å². The Morgan fingerprint density at radius 3 is 2.60 bits per heavy atom. The van der Waals surface area contributed by atoms with E-state index >= 15 is 0 Å². The normalized spacial score (nSPS) is 10.1. The van der Waals surface area contributed by atoms with Crippen LogP contribution in [0.3, 0.4) is 0 Å². The van der Waals surface area contributed by atoms with Crippen molar-refractivity contribution in [3.63, 3.8) is 0 Å². The average molecular weight is 195 g/mol. The Kier molecular flexibility index (Phi) is 2.72. The first-order valence-corrected chi connectivity index (χ1v) is 4.71. The average Bonchev–Trinajstić information content (AvgIpc) is 2.29. The zero-order chi connectivity index (χ0) is 10.5. The van der Waals surface area contributed by atoms with Crippen LogP contribution in [0, 0.1) is 6.08 Å². The van der Waals surface area contributed by atoms with Crippen molar-refractivity contribution in [3.8, 4) is 0 Å². The highest BCUT2D eigenvalue weighted by Crippen LogP contribution is 2.11. The van der Waals surface area contributed by atoms with Crippen molar-refractivity contribution < 1.29 is 0 Å². The van der Waals surface area contributed by atoms with Gasteiger partial charge in [0.2, 0.25) is 0 Å². The van der Waals surface area contributed by atoms with Gasteiger partial charge in [0.1, 0.15) is 11.4 Å². The van der Waals surface area contributed by atoms with Gasteiger partial charge in [0, 0.05) is 30.5 Å². The fraction of sp³-hybridized carbons (Fsp3) is 0. The largest absolute Gasteiger partial charge is 0.359 e. The summed E-state index contributed by atoms with van der Waals surface area (Å²) in [5, 5.41) is 0. The van der Waals surface area contributed by atoms with Gasteiger partial charge in [-0.25, -0.2) is 4.98 Å². The second-order valence-electron chi connectivity index (χ2n) is 3.13. The Morgan fingerprint density at radius 2 is 1.87 bits per heavy atom. The maximum Gasteiger partial charge on any atom is 0.170 e. The summed E-state index contributed by atoms with van der Waals surface area (Å²) in [6.45, 7) is 0. The molecule has 0 aliphatic heterocycles. The molecule has 0 saturated carbocycles. The van der Waals surface area contributed by atoms with E-state index in [-0.39, 0.29) is 0 Å². The smallest absolute Gasteiger partial charge is 0.170 e. The second-order valence-corrected chi connectivity index (χ2v) is 3.13. The number of anilines is 1. The van der Waals surface area contributed by atoms with Crippen LogP contribution >= 0.6 is 0 Å². The molecule has 0 saturated heterocycles. The molecule has 2 heteroatoms. The van der Waals surface area contributed by atoms with Crippen LogP contribution in [-0.2, 0) is 0 Å². The third-order valence-corrected chi connectivity index (χ3v) is 2.02. The van der Waals surface area contributed by atoms with Crippen molar-refractivity contribution in [3.05, 3.63) is 66.0 Å². The number of para-hydroxylation sites is 1. The fourth-order valence-electron chi connectivity index (χ4n) is 1.24. The zero-order valence-corrected chi connectivity index (χ0v) is 8.22. The summed E-state index contributed by atoms with van der Waals surface area (Å²) in [7, 11) is 0. The molecule has 0 bridgehead atoms. The number of pyridine rings is 1. The molecular weight excluding hydrogens is 184 g/mol. The number of nitrogens with zero attached hydrogens (tertiary/aromatic N) is 1. The lowest BCUT2D eigenvalue weighted by molar-refractivity contribution is 1.29. The van der Waals surface area contributed by atoms with Crippen molar-refractivity contribution >= 4 is 11.8 Å². The molecule has 0 atom stereocenters. The predicted molar refractivity (Wildman–Crippen MR) is 61.9 cm³/mol. The maximum absolute atomic E-state index is 5.78. The van der Waals surface area contributed by atoms with Crippen LogP contribution in [0.5, 0.6) is 0 Å². The molecule has 1 aromatic heterocycles. The molecule has 72 valence electrons. The van der Waals surface area contributed by atoms with Gasteiger partial charge in [-0.1, -0.05) is 0 Å². The van der Waals surface area contributed by atoms with E-state index in [1.54, 1.807) is 6.20 Å². The summed E-state index contributed by atoms with van der Waals surface area (Å²) >= 11 is 0. The summed E-state index contributed by atoms with van der Waals surface area (Å²) in [6.07, 6.45) is 6.69. The molecule has 2 rings (SSSR count). The molecule has 0 radical (unpaired) electrons. The molecule has 15 heavy (non-hydrogen) atoms. The molecule has 2 nitrogen and oxygen atoms in total. The number of aromatic nitrogens is 1. The first-order valence-electron chi connectivity index (χ1n) is 4.71.